The molecule has 2 N–H and O–H groups in total. The van der Waals surface area contributed by atoms with Crippen LogP contribution in [0, 0.1) is 6.92 Å². The van der Waals surface area contributed by atoms with Gasteiger partial charge in [0.25, 0.3) is 5.91 Å². The number of rotatable bonds is 4. The summed E-state index contributed by atoms with van der Waals surface area (Å²) in [5.74, 6) is -1.42. The van der Waals surface area contributed by atoms with E-state index in [4.69, 9.17) is 16.7 Å². The molecule has 1 atom stereocenters. The first-order valence-electron chi connectivity index (χ1n) is 10.7. The van der Waals surface area contributed by atoms with E-state index in [0.29, 0.717) is 16.3 Å². The Morgan fingerprint density at radius 3 is 2.62 bits per heavy atom. The molecule has 2 heterocycles. The van der Waals surface area contributed by atoms with Crippen LogP contribution in [0.3, 0.4) is 0 Å². The Morgan fingerprint density at radius 2 is 1.94 bits per heavy atom. The third-order valence-electron chi connectivity index (χ3n) is 5.67. The van der Waals surface area contributed by atoms with E-state index in [9.17, 15) is 14.4 Å². The number of carboxylic acid groups (broad SMARTS) is 1. The molecule has 1 unspecified atom stereocenters. The van der Waals surface area contributed by atoms with Gasteiger partial charge in [-0.1, -0.05) is 29.8 Å². The highest BCUT2D eigenvalue weighted by Crippen LogP contribution is 2.30. The van der Waals surface area contributed by atoms with E-state index in [2.05, 4.69) is 10.4 Å². The van der Waals surface area contributed by atoms with E-state index in [0.717, 1.165) is 16.9 Å². The number of urea groups is 1. The first-order chi connectivity index (χ1) is 16.2. The van der Waals surface area contributed by atoms with Gasteiger partial charge in [0.15, 0.2) is 0 Å². The van der Waals surface area contributed by atoms with Crippen molar-refractivity contribution >= 4 is 35.2 Å². The number of para-hydroxylation sites is 1. The molecule has 9 nitrogen and oxygen atoms in total. The lowest BCUT2D eigenvalue weighted by molar-refractivity contribution is -0.135. The zero-order valence-corrected chi connectivity index (χ0v) is 19.5. The second-order valence-electron chi connectivity index (χ2n) is 8.14. The quantitative estimate of drug-likeness (QED) is 0.593. The number of nitrogens with zero attached hydrogens (tertiary/aromatic N) is 4. The van der Waals surface area contributed by atoms with E-state index < -0.39 is 18.5 Å². The van der Waals surface area contributed by atoms with Crippen LogP contribution in [0.5, 0.6) is 0 Å². The zero-order chi connectivity index (χ0) is 24.4. The number of hydrogen-bond acceptors (Lipinski definition) is 4. The Bertz CT molecular complexity index is 1260. The molecule has 0 radical (unpaired) electrons. The lowest BCUT2D eigenvalue weighted by Crippen LogP contribution is -2.49. The van der Waals surface area contributed by atoms with Gasteiger partial charge < -0.3 is 20.2 Å². The normalized spacial score (nSPS) is 15.4. The van der Waals surface area contributed by atoms with Crippen LogP contribution in [0.2, 0.25) is 5.02 Å². The largest absolute Gasteiger partial charge is 0.480 e. The number of carbonyl (C=O) groups is 3. The smallest absolute Gasteiger partial charge is 0.323 e. The molecule has 34 heavy (non-hydrogen) atoms. The summed E-state index contributed by atoms with van der Waals surface area (Å²) in [4.78, 5) is 40.3. The standard InChI is InChI=1S/C24H24ClN5O4/c1-15-9-10-30(27-15)18-7-8-19(20(25)11-18)23(33)29-13-16(2)28(24(34)26-12-22(31)32)14-17-5-3-4-6-21(17)29/h3-11,16H,12-14H2,1-2H3,(H,26,34)(H,31,32). The summed E-state index contributed by atoms with van der Waals surface area (Å²) in [6, 6.07) is 13.5. The number of benzene rings is 2. The van der Waals surface area contributed by atoms with Gasteiger partial charge in [0.2, 0.25) is 0 Å². The molecule has 1 aromatic heterocycles. The van der Waals surface area contributed by atoms with Gasteiger partial charge in [-0.15, -0.1) is 0 Å². The third-order valence-corrected chi connectivity index (χ3v) is 5.98. The van der Waals surface area contributed by atoms with Gasteiger partial charge in [0, 0.05) is 31.0 Å². The average molecular weight is 482 g/mol. The maximum absolute atomic E-state index is 13.6. The van der Waals surface area contributed by atoms with Crippen LogP contribution in [-0.4, -0.2) is 56.8 Å². The van der Waals surface area contributed by atoms with Crippen LogP contribution in [0.1, 0.15) is 28.5 Å². The van der Waals surface area contributed by atoms with Gasteiger partial charge in [0.05, 0.1) is 22.0 Å². The number of aromatic nitrogens is 2. The molecule has 0 saturated heterocycles. The molecule has 4 rings (SSSR count). The molecule has 1 aliphatic rings. The molecule has 0 aliphatic carbocycles. The number of halogens is 1. The molecule has 2 aromatic carbocycles. The number of amides is 3. The molecule has 0 bridgehead atoms. The Kier molecular flexibility index (Phi) is 6.56. The molecule has 0 saturated carbocycles. The summed E-state index contributed by atoms with van der Waals surface area (Å²) in [5, 5.41) is 16.0. The molecule has 0 spiro atoms. The maximum atomic E-state index is 13.6. The Balaban J connectivity index is 1.64. The monoisotopic (exact) mass is 481 g/mol. The maximum Gasteiger partial charge on any atom is 0.323 e. The van der Waals surface area contributed by atoms with Gasteiger partial charge in [-0.05, 0) is 49.7 Å². The first-order valence-corrected chi connectivity index (χ1v) is 11.1. The van der Waals surface area contributed by atoms with Crippen molar-refractivity contribution in [1.82, 2.24) is 20.0 Å². The lowest BCUT2D eigenvalue weighted by Gasteiger charge is -2.29. The fourth-order valence-corrected chi connectivity index (χ4v) is 4.21. The van der Waals surface area contributed by atoms with Crippen LogP contribution in [-0.2, 0) is 11.3 Å². The van der Waals surface area contributed by atoms with Crippen LogP contribution in [0.4, 0.5) is 10.5 Å². The molecule has 176 valence electrons. The molecule has 3 amide bonds. The predicted octanol–water partition coefficient (Wildman–Crippen LogP) is 3.48. The predicted molar refractivity (Wildman–Crippen MR) is 127 cm³/mol. The summed E-state index contributed by atoms with van der Waals surface area (Å²) >= 11 is 6.54. The summed E-state index contributed by atoms with van der Waals surface area (Å²) in [5.41, 5.74) is 3.38. The van der Waals surface area contributed by atoms with Crippen molar-refractivity contribution in [2.24, 2.45) is 0 Å². The van der Waals surface area contributed by atoms with Gasteiger partial charge in [0.1, 0.15) is 6.54 Å². The van der Waals surface area contributed by atoms with Gasteiger partial charge >= 0.3 is 12.0 Å². The van der Waals surface area contributed by atoms with E-state index in [1.54, 1.807) is 27.8 Å². The molecule has 3 aromatic rings. The summed E-state index contributed by atoms with van der Waals surface area (Å²) in [6.07, 6.45) is 1.82. The van der Waals surface area contributed by atoms with Gasteiger partial charge in [-0.2, -0.15) is 5.10 Å². The molecular weight excluding hydrogens is 458 g/mol. The SMILES string of the molecule is Cc1ccn(-c2ccc(C(=O)N3CC(C)N(C(=O)NCC(=O)O)Cc4ccccc43)c(Cl)c2)n1. The van der Waals surface area contributed by atoms with Crippen molar-refractivity contribution < 1.29 is 19.5 Å². The topological polar surface area (TPSA) is 108 Å². The van der Waals surface area contributed by atoms with Crippen LogP contribution >= 0.6 is 11.6 Å². The lowest BCUT2D eigenvalue weighted by atomic mass is 10.1. The molecule has 0 fully saturated rings. The molecule has 1 aliphatic heterocycles. The van der Waals surface area contributed by atoms with Crippen molar-refractivity contribution in [3.8, 4) is 5.69 Å². The fourth-order valence-electron chi connectivity index (χ4n) is 3.95. The number of carboxylic acids is 1. The van der Waals surface area contributed by atoms with Crippen LogP contribution < -0.4 is 10.2 Å². The summed E-state index contributed by atoms with van der Waals surface area (Å²) < 4.78 is 1.69. The van der Waals surface area contributed by atoms with E-state index >= 15 is 0 Å². The van der Waals surface area contributed by atoms with Crippen molar-refractivity contribution in [1.29, 1.82) is 0 Å². The Morgan fingerprint density at radius 1 is 1.18 bits per heavy atom. The van der Waals surface area contributed by atoms with Crippen LogP contribution in [0.25, 0.3) is 5.69 Å². The number of nitrogens with one attached hydrogen (secondary N) is 1. The van der Waals surface area contributed by atoms with E-state index in [-0.39, 0.29) is 25.0 Å². The minimum absolute atomic E-state index is 0.215. The third kappa shape index (κ3) is 4.74. The number of aliphatic carboxylic acids is 1. The van der Waals surface area contributed by atoms with Gasteiger partial charge in [-0.3, -0.25) is 9.59 Å². The second kappa shape index (κ2) is 9.56. The summed E-state index contributed by atoms with van der Waals surface area (Å²) in [6.45, 7) is 3.67. The van der Waals surface area contributed by atoms with Crippen molar-refractivity contribution in [2.75, 3.05) is 18.0 Å². The minimum atomic E-state index is -1.13. The fraction of sp³-hybridized carbons (Fsp3) is 0.250. The minimum Gasteiger partial charge on any atom is -0.480 e. The first kappa shape index (κ1) is 23.3. The molecule has 10 heteroatoms. The van der Waals surface area contributed by atoms with Crippen molar-refractivity contribution in [3.63, 3.8) is 0 Å². The number of aryl methyl sites for hydroxylation is 1. The second-order valence-corrected chi connectivity index (χ2v) is 8.55. The number of fused-ring (bicyclic) bond motifs is 1. The number of anilines is 1. The highest BCUT2D eigenvalue weighted by Gasteiger charge is 2.32. The number of carbonyl (C=O) groups excluding carboxylic acids is 2. The Hall–Kier alpha value is -3.85. The van der Waals surface area contributed by atoms with Gasteiger partial charge in [-0.25, -0.2) is 9.48 Å². The number of hydrogen-bond donors (Lipinski definition) is 2. The Labute approximate surface area is 201 Å². The highest BCUT2D eigenvalue weighted by molar-refractivity contribution is 6.34. The zero-order valence-electron chi connectivity index (χ0n) is 18.7. The van der Waals surface area contributed by atoms with Crippen molar-refractivity contribution in [2.45, 2.75) is 26.4 Å². The van der Waals surface area contributed by atoms with Crippen LogP contribution in [0.15, 0.2) is 54.7 Å². The summed E-state index contributed by atoms with van der Waals surface area (Å²) in [7, 11) is 0. The van der Waals surface area contributed by atoms with E-state index in [1.165, 1.54) is 4.90 Å². The van der Waals surface area contributed by atoms with Crippen molar-refractivity contribution in [3.05, 3.63) is 76.6 Å². The highest BCUT2D eigenvalue weighted by atomic mass is 35.5. The molecular formula is C24H24ClN5O4. The average Bonchev–Trinajstić information content (AvgIpc) is 3.18. The van der Waals surface area contributed by atoms with E-state index in [1.807, 2.05) is 50.4 Å².